The van der Waals surface area contributed by atoms with Gasteiger partial charge in [-0.1, -0.05) is 6.07 Å². The molecule has 0 aromatic heterocycles. The van der Waals surface area contributed by atoms with Crippen LogP contribution in [0.5, 0.6) is 0 Å². The van der Waals surface area contributed by atoms with Crippen molar-refractivity contribution in [3.05, 3.63) is 35.1 Å². The summed E-state index contributed by atoms with van der Waals surface area (Å²) in [5, 5.41) is 0. The Morgan fingerprint density at radius 2 is 1.38 bits per heavy atom. The summed E-state index contributed by atoms with van der Waals surface area (Å²) < 4.78 is 113. The molecule has 1 rings (SSSR count). The molecular formula is C10H7ClF9N. The van der Waals surface area contributed by atoms with Crippen molar-refractivity contribution in [1.82, 2.24) is 0 Å². The van der Waals surface area contributed by atoms with E-state index in [9.17, 15) is 39.5 Å². The molecule has 0 saturated heterocycles. The van der Waals surface area contributed by atoms with E-state index in [0.717, 1.165) is 0 Å². The molecule has 0 unspecified atom stereocenters. The molecule has 0 amide bonds. The van der Waals surface area contributed by atoms with Gasteiger partial charge in [-0.3, -0.25) is 0 Å². The zero-order chi connectivity index (χ0) is 15.9. The summed E-state index contributed by atoms with van der Waals surface area (Å²) in [6.07, 6.45) is -11.5. The van der Waals surface area contributed by atoms with Gasteiger partial charge in [-0.2, -0.15) is 35.1 Å². The third-order valence-corrected chi connectivity index (χ3v) is 2.42. The van der Waals surface area contributed by atoms with Crippen LogP contribution < -0.4 is 5.73 Å². The van der Waals surface area contributed by atoms with Crippen LogP contribution in [0, 0.1) is 5.82 Å². The highest BCUT2D eigenvalue weighted by Gasteiger charge is 2.62. The van der Waals surface area contributed by atoms with Crippen LogP contribution in [0.1, 0.15) is 17.2 Å². The predicted octanol–water partition coefficient (Wildman–Crippen LogP) is 4.46. The van der Waals surface area contributed by atoms with Crippen molar-refractivity contribution in [3.8, 4) is 0 Å². The monoisotopic (exact) mass is 347 g/mol. The van der Waals surface area contributed by atoms with E-state index in [0.29, 0.717) is 6.07 Å². The molecular weight excluding hydrogens is 341 g/mol. The standard InChI is InChI=1S/C10H6F9N.ClH/c11-4-1-2-5(6(3-4)9(14,15)16)7(20)8(12,13)10(17,18)19;/h1-3,7H,20H2;1H/t7-;/m1./s1. The van der Waals surface area contributed by atoms with Crippen molar-refractivity contribution in [2.45, 2.75) is 24.3 Å². The molecule has 1 aromatic rings. The van der Waals surface area contributed by atoms with Gasteiger partial charge in [-0.15, -0.1) is 12.4 Å². The molecule has 1 atom stereocenters. The lowest BCUT2D eigenvalue weighted by molar-refractivity contribution is -0.291. The van der Waals surface area contributed by atoms with Gasteiger partial charge in [0.25, 0.3) is 0 Å². The first kappa shape index (κ1) is 19.8. The fraction of sp³-hybridized carbons (Fsp3) is 0.400. The molecule has 0 spiro atoms. The molecule has 122 valence electrons. The second-order valence-electron chi connectivity index (χ2n) is 3.83. The van der Waals surface area contributed by atoms with Gasteiger partial charge >= 0.3 is 18.3 Å². The van der Waals surface area contributed by atoms with Gasteiger partial charge in [-0.25, -0.2) is 4.39 Å². The maximum Gasteiger partial charge on any atom is 0.455 e. The summed E-state index contributed by atoms with van der Waals surface area (Å²) in [6.45, 7) is 0. The molecule has 0 aliphatic heterocycles. The highest BCUT2D eigenvalue weighted by molar-refractivity contribution is 5.85. The Kier molecular flexibility index (Phi) is 5.59. The fourth-order valence-electron chi connectivity index (χ4n) is 1.42. The van der Waals surface area contributed by atoms with E-state index in [2.05, 4.69) is 5.73 Å². The van der Waals surface area contributed by atoms with E-state index in [1.165, 1.54) is 0 Å². The Morgan fingerprint density at radius 1 is 0.905 bits per heavy atom. The number of halogens is 10. The first-order chi connectivity index (χ1) is 8.78. The Labute approximate surface area is 118 Å². The van der Waals surface area contributed by atoms with Crippen LogP contribution in [0.25, 0.3) is 0 Å². The summed E-state index contributed by atoms with van der Waals surface area (Å²) in [6, 6.07) is -3.03. The lowest BCUT2D eigenvalue weighted by atomic mass is 9.95. The predicted molar refractivity (Wildman–Crippen MR) is 56.6 cm³/mol. The van der Waals surface area contributed by atoms with Crippen molar-refractivity contribution in [1.29, 1.82) is 0 Å². The van der Waals surface area contributed by atoms with Gasteiger partial charge in [0.15, 0.2) is 0 Å². The molecule has 0 aliphatic rings. The number of nitrogens with two attached hydrogens (primary N) is 1. The molecule has 11 heteroatoms. The third kappa shape index (κ3) is 3.94. The quantitative estimate of drug-likeness (QED) is 0.785. The topological polar surface area (TPSA) is 26.0 Å². The summed E-state index contributed by atoms with van der Waals surface area (Å²) >= 11 is 0. The van der Waals surface area contributed by atoms with Crippen LogP contribution in [0.2, 0.25) is 0 Å². The molecule has 1 nitrogen and oxygen atoms in total. The SMILES string of the molecule is Cl.N[C@H](c1ccc(F)cc1C(F)(F)F)C(F)(F)C(F)(F)F. The van der Waals surface area contributed by atoms with Crippen molar-refractivity contribution in [2.75, 3.05) is 0 Å². The minimum atomic E-state index is -6.14. The highest BCUT2D eigenvalue weighted by Crippen LogP contribution is 2.46. The average Bonchev–Trinajstić information content (AvgIpc) is 2.25. The molecule has 0 heterocycles. The van der Waals surface area contributed by atoms with Gasteiger partial charge in [-0.05, 0) is 17.7 Å². The number of alkyl halides is 8. The largest absolute Gasteiger partial charge is 0.455 e. The minimum absolute atomic E-state index is 0. The molecule has 2 N–H and O–H groups in total. The van der Waals surface area contributed by atoms with Gasteiger partial charge in [0.05, 0.1) is 5.56 Å². The summed E-state index contributed by atoms with van der Waals surface area (Å²) in [5.74, 6) is -7.03. The molecule has 1 aromatic carbocycles. The normalized spacial score (nSPS) is 14.6. The summed E-state index contributed by atoms with van der Waals surface area (Å²) in [7, 11) is 0. The Balaban J connectivity index is 0.00000400. The van der Waals surface area contributed by atoms with Gasteiger partial charge < -0.3 is 5.73 Å². The van der Waals surface area contributed by atoms with Crippen molar-refractivity contribution < 1.29 is 39.5 Å². The van der Waals surface area contributed by atoms with Crippen LogP contribution in [0.4, 0.5) is 39.5 Å². The van der Waals surface area contributed by atoms with Gasteiger partial charge in [0, 0.05) is 0 Å². The van der Waals surface area contributed by atoms with Crippen LogP contribution >= 0.6 is 12.4 Å². The van der Waals surface area contributed by atoms with Crippen LogP contribution in [0.15, 0.2) is 18.2 Å². The molecule has 0 radical (unpaired) electrons. The lowest BCUT2D eigenvalue weighted by Crippen LogP contribution is -2.46. The third-order valence-electron chi connectivity index (χ3n) is 2.42. The zero-order valence-electron chi connectivity index (χ0n) is 9.70. The van der Waals surface area contributed by atoms with Crippen molar-refractivity contribution >= 4 is 12.4 Å². The number of hydrogen-bond donors (Lipinski definition) is 1. The van der Waals surface area contributed by atoms with Gasteiger partial charge in [0.2, 0.25) is 0 Å². The molecule has 21 heavy (non-hydrogen) atoms. The molecule has 0 fully saturated rings. The molecule has 0 aliphatic carbocycles. The lowest BCUT2D eigenvalue weighted by Gasteiger charge is -2.27. The Bertz CT molecular complexity index is 494. The van der Waals surface area contributed by atoms with Crippen molar-refractivity contribution in [3.63, 3.8) is 0 Å². The van der Waals surface area contributed by atoms with E-state index in [1.54, 1.807) is 0 Å². The number of benzene rings is 1. The maximum absolute atomic E-state index is 13.0. The van der Waals surface area contributed by atoms with Crippen LogP contribution in [-0.4, -0.2) is 12.1 Å². The van der Waals surface area contributed by atoms with E-state index >= 15 is 0 Å². The average molecular weight is 348 g/mol. The Morgan fingerprint density at radius 3 is 1.76 bits per heavy atom. The zero-order valence-corrected chi connectivity index (χ0v) is 10.5. The van der Waals surface area contributed by atoms with E-state index in [-0.39, 0.29) is 24.5 Å². The molecule has 0 saturated carbocycles. The van der Waals surface area contributed by atoms with Crippen molar-refractivity contribution in [2.24, 2.45) is 5.73 Å². The first-order valence-electron chi connectivity index (χ1n) is 4.85. The minimum Gasteiger partial charge on any atom is -0.319 e. The smallest absolute Gasteiger partial charge is 0.319 e. The van der Waals surface area contributed by atoms with Crippen LogP contribution in [0.3, 0.4) is 0 Å². The van der Waals surface area contributed by atoms with E-state index in [1.807, 2.05) is 0 Å². The Hall–Kier alpha value is -1.16. The fourth-order valence-corrected chi connectivity index (χ4v) is 1.42. The molecule has 0 bridgehead atoms. The second kappa shape index (κ2) is 5.91. The van der Waals surface area contributed by atoms with Crippen LogP contribution in [-0.2, 0) is 6.18 Å². The summed E-state index contributed by atoms with van der Waals surface area (Å²) in [5.41, 5.74) is 1.10. The number of rotatable bonds is 2. The van der Waals surface area contributed by atoms with E-state index < -0.39 is 41.3 Å². The number of hydrogen-bond acceptors (Lipinski definition) is 1. The summed E-state index contributed by atoms with van der Waals surface area (Å²) in [4.78, 5) is 0. The highest BCUT2D eigenvalue weighted by atomic mass is 35.5. The van der Waals surface area contributed by atoms with E-state index in [4.69, 9.17) is 0 Å². The van der Waals surface area contributed by atoms with Gasteiger partial charge in [0.1, 0.15) is 11.9 Å². The maximum atomic E-state index is 13.0. The second-order valence-corrected chi connectivity index (χ2v) is 3.83. The first-order valence-corrected chi connectivity index (χ1v) is 4.85.